The minimum atomic E-state index is 0.228. The molecule has 6 heteroatoms. The van der Waals surface area contributed by atoms with E-state index in [1.807, 2.05) is 12.1 Å². The fourth-order valence-corrected chi connectivity index (χ4v) is 5.46. The standard InChI is InChI=1S/C21H25ClN2O2S/c1-26-19-4-2-3-17-18(24-9-7-23(8-10-24)11-12-25)14-15-13-16(22)5-6-20(15)27-21(17)19/h2-6,13,18,25H,7-12,14H2,1H3/t18-/m0/s1. The van der Waals surface area contributed by atoms with Gasteiger partial charge in [-0.05, 0) is 41.8 Å². The molecule has 2 aliphatic rings. The summed E-state index contributed by atoms with van der Waals surface area (Å²) in [7, 11) is 1.74. The molecule has 4 rings (SSSR count). The summed E-state index contributed by atoms with van der Waals surface area (Å²) in [5.41, 5.74) is 2.64. The smallest absolute Gasteiger partial charge is 0.133 e. The summed E-state index contributed by atoms with van der Waals surface area (Å²) in [5, 5.41) is 10.00. The Balaban J connectivity index is 1.70. The summed E-state index contributed by atoms with van der Waals surface area (Å²) in [4.78, 5) is 7.37. The number of methoxy groups -OCH3 is 1. The second kappa shape index (κ2) is 8.41. The largest absolute Gasteiger partial charge is 0.496 e. The van der Waals surface area contributed by atoms with Crippen molar-refractivity contribution in [3.05, 3.63) is 52.5 Å². The van der Waals surface area contributed by atoms with Gasteiger partial charge in [-0.1, -0.05) is 35.5 Å². The number of fused-ring (bicyclic) bond motifs is 2. The van der Waals surface area contributed by atoms with E-state index in [0.29, 0.717) is 6.04 Å². The van der Waals surface area contributed by atoms with Crippen LogP contribution in [0.25, 0.3) is 0 Å². The maximum atomic E-state index is 9.21. The van der Waals surface area contributed by atoms with Gasteiger partial charge in [-0.3, -0.25) is 9.80 Å². The lowest BCUT2D eigenvalue weighted by Crippen LogP contribution is -2.48. The molecular weight excluding hydrogens is 380 g/mol. The third-order valence-electron chi connectivity index (χ3n) is 5.50. The number of aliphatic hydroxyl groups excluding tert-OH is 1. The van der Waals surface area contributed by atoms with Crippen LogP contribution in [0.5, 0.6) is 5.75 Å². The van der Waals surface area contributed by atoms with Gasteiger partial charge in [-0.25, -0.2) is 0 Å². The van der Waals surface area contributed by atoms with Crippen molar-refractivity contribution in [1.82, 2.24) is 9.80 Å². The monoisotopic (exact) mass is 404 g/mol. The van der Waals surface area contributed by atoms with Gasteiger partial charge in [-0.15, -0.1) is 0 Å². The molecular formula is C21H25ClN2O2S. The zero-order valence-corrected chi connectivity index (χ0v) is 17.1. The van der Waals surface area contributed by atoms with Crippen LogP contribution in [0.4, 0.5) is 0 Å². The molecule has 0 bridgehead atoms. The van der Waals surface area contributed by atoms with E-state index in [9.17, 15) is 5.11 Å². The molecule has 27 heavy (non-hydrogen) atoms. The van der Waals surface area contributed by atoms with E-state index >= 15 is 0 Å². The molecule has 0 spiro atoms. The van der Waals surface area contributed by atoms with E-state index in [1.165, 1.54) is 20.9 Å². The molecule has 2 aromatic rings. The quantitative estimate of drug-likeness (QED) is 0.840. The first kappa shape index (κ1) is 19.1. The molecule has 2 heterocycles. The molecule has 0 amide bonds. The zero-order chi connectivity index (χ0) is 18.8. The molecule has 0 radical (unpaired) electrons. The average molecular weight is 405 g/mol. The van der Waals surface area contributed by atoms with E-state index in [1.54, 1.807) is 18.9 Å². The lowest BCUT2D eigenvalue weighted by Gasteiger charge is -2.39. The van der Waals surface area contributed by atoms with Crippen LogP contribution < -0.4 is 4.74 Å². The highest BCUT2D eigenvalue weighted by atomic mass is 35.5. The van der Waals surface area contributed by atoms with Gasteiger partial charge in [0, 0.05) is 48.7 Å². The van der Waals surface area contributed by atoms with E-state index in [-0.39, 0.29) is 6.61 Å². The highest BCUT2D eigenvalue weighted by molar-refractivity contribution is 7.99. The first-order valence-corrected chi connectivity index (χ1v) is 10.6. The Kier molecular flexibility index (Phi) is 5.95. The summed E-state index contributed by atoms with van der Waals surface area (Å²) >= 11 is 8.10. The Morgan fingerprint density at radius 2 is 2.00 bits per heavy atom. The molecule has 1 N–H and O–H groups in total. The second-order valence-electron chi connectivity index (χ2n) is 7.05. The van der Waals surface area contributed by atoms with Crippen LogP contribution in [-0.2, 0) is 6.42 Å². The van der Waals surface area contributed by atoms with Crippen LogP contribution in [-0.4, -0.2) is 61.3 Å². The molecule has 2 aliphatic heterocycles. The Morgan fingerprint density at radius 1 is 1.19 bits per heavy atom. The molecule has 0 aliphatic carbocycles. The number of hydrogen-bond donors (Lipinski definition) is 1. The number of hydrogen-bond acceptors (Lipinski definition) is 5. The summed E-state index contributed by atoms with van der Waals surface area (Å²) < 4.78 is 5.69. The van der Waals surface area contributed by atoms with Crippen LogP contribution in [0.15, 0.2) is 46.2 Å². The predicted molar refractivity (Wildman–Crippen MR) is 110 cm³/mol. The van der Waals surface area contributed by atoms with Gasteiger partial charge in [0.15, 0.2) is 0 Å². The number of halogens is 1. The van der Waals surface area contributed by atoms with Crippen molar-refractivity contribution in [3.63, 3.8) is 0 Å². The van der Waals surface area contributed by atoms with Gasteiger partial charge in [0.05, 0.1) is 18.6 Å². The lowest BCUT2D eigenvalue weighted by molar-refractivity contribution is 0.0822. The Hall–Kier alpha value is -1.24. The Bertz CT molecular complexity index is 809. The number of aliphatic hydroxyl groups is 1. The summed E-state index contributed by atoms with van der Waals surface area (Å²) in [6.45, 7) is 4.98. The van der Waals surface area contributed by atoms with Gasteiger partial charge in [0.1, 0.15) is 5.75 Å². The summed E-state index contributed by atoms with van der Waals surface area (Å²) in [5.74, 6) is 0.934. The van der Waals surface area contributed by atoms with E-state index in [0.717, 1.165) is 49.9 Å². The number of benzene rings is 2. The summed E-state index contributed by atoms with van der Waals surface area (Å²) in [6.07, 6.45) is 0.947. The van der Waals surface area contributed by atoms with E-state index in [2.05, 4.69) is 34.1 Å². The maximum absolute atomic E-state index is 9.21. The van der Waals surface area contributed by atoms with Crippen molar-refractivity contribution in [2.75, 3.05) is 46.4 Å². The number of rotatable bonds is 4. The van der Waals surface area contributed by atoms with Gasteiger partial charge >= 0.3 is 0 Å². The van der Waals surface area contributed by atoms with Crippen molar-refractivity contribution >= 4 is 23.4 Å². The molecule has 1 fully saturated rings. The van der Waals surface area contributed by atoms with Crippen molar-refractivity contribution in [1.29, 1.82) is 0 Å². The fourth-order valence-electron chi connectivity index (χ4n) is 4.07. The topological polar surface area (TPSA) is 35.9 Å². The summed E-state index contributed by atoms with van der Waals surface area (Å²) in [6, 6.07) is 12.9. The molecule has 0 saturated carbocycles. The fraction of sp³-hybridized carbons (Fsp3) is 0.429. The third kappa shape index (κ3) is 3.98. The minimum absolute atomic E-state index is 0.228. The SMILES string of the molecule is COc1cccc2c1Sc1ccc(Cl)cc1C[C@@H]2N1CCN(CCO)CC1. The second-order valence-corrected chi connectivity index (χ2v) is 8.54. The third-order valence-corrected chi connectivity index (χ3v) is 6.99. The van der Waals surface area contributed by atoms with Crippen molar-refractivity contribution < 1.29 is 9.84 Å². The zero-order valence-electron chi connectivity index (χ0n) is 15.5. The number of nitrogens with zero attached hydrogens (tertiary/aromatic N) is 2. The molecule has 4 nitrogen and oxygen atoms in total. The first-order chi connectivity index (χ1) is 13.2. The predicted octanol–water partition coefficient (Wildman–Crippen LogP) is 3.71. The van der Waals surface area contributed by atoms with Crippen molar-refractivity contribution in [2.45, 2.75) is 22.3 Å². The number of ether oxygens (including phenoxy) is 1. The van der Waals surface area contributed by atoms with Gasteiger partial charge < -0.3 is 9.84 Å². The number of β-amino-alcohol motifs (C(OH)–C–C–N with tert-alkyl or cyclic N) is 1. The van der Waals surface area contributed by atoms with Crippen molar-refractivity contribution in [2.24, 2.45) is 0 Å². The minimum Gasteiger partial charge on any atom is -0.496 e. The first-order valence-electron chi connectivity index (χ1n) is 9.40. The van der Waals surface area contributed by atoms with Gasteiger partial charge in [0.25, 0.3) is 0 Å². The molecule has 1 atom stereocenters. The van der Waals surface area contributed by atoms with Gasteiger partial charge in [0.2, 0.25) is 0 Å². The van der Waals surface area contributed by atoms with Crippen LogP contribution in [0.2, 0.25) is 5.02 Å². The van der Waals surface area contributed by atoms with E-state index in [4.69, 9.17) is 16.3 Å². The highest BCUT2D eigenvalue weighted by Gasteiger charge is 2.31. The molecule has 2 aromatic carbocycles. The molecule has 1 saturated heterocycles. The Labute approximate surface area is 170 Å². The van der Waals surface area contributed by atoms with Gasteiger partial charge in [-0.2, -0.15) is 0 Å². The van der Waals surface area contributed by atoms with Crippen molar-refractivity contribution in [3.8, 4) is 5.75 Å². The Morgan fingerprint density at radius 3 is 2.74 bits per heavy atom. The molecule has 144 valence electrons. The average Bonchev–Trinajstić information content (AvgIpc) is 2.85. The molecule has 0 unspecified atom stereocenters. The van der Waals surface area contributed by atoms with Crippen LogP contribution in [0.1, 0.15) is 17.2 Å². The van der Waals surface area contributed by atoms with E-state index < -0.39 is 0 Å². The molecule has 0 aromatic heterocycles. The normalized spacial score (nSPS) is 20.6. The highest BCUT2D eigenvalue weighted by Crippen LogP contribution is 2.47. The lowest BCUT2D eigenvalue weighted by atomic mass is 9.96. The maximum Gasteiger partial charge on any atom is 0.133 e. The van der Waals surface area contributed by atoms with Crippen LogP contribution >= 0.6 is 23.4 Å². The van der Waals surface area contributed by atoms with Crippen LogP contribution in [0, 0.1) is 0 Å². The van der Waals surface area contributed by atoms with Crippen LogP contribution in [0.3, 0.4) is 0 Å². The number of piperazine rings is 1.